The molecule has 1 N–H and O–H groups in total. The molecule has 1 aliphatic carbocycles. The van der Waals surface area contributed by atoms with Gasteiger partial charge in [0.2, 0.25) is 5.95 Å². The molecule has 0 saturated heterocycles. The first-order valence-corrected chi connectivity index (χ1v) is 11.7. The van der Waals surface area contributed by atoms with Crippen molar-refractivity contribution in [3.8, 4) is 6.07 Å². The number of nitrogens with zero attached hydrogens (tertiary/aromatic N) is 4. The zero-order valence-electron chi connectivity index (χ0n) is 17.5. The van der Waals surface area contributed by atoms with Gasteiger partial charge in [-0.1, -0.05) is 19.9 Å². The Morgan fingerprint density at radius 2 is 2.03 bits per heavy atom. The second-order valence-electron chi connectivity index (χ2n) is 7.62. The van der Waals surface area contributed by atoms with Gasteiger partial charge in [0.1, 0.15) is 0 Å². The van der Waals surface area contributed by atoms with Crippen molar-refractivity contribution >= 4 is 21.1 Å². The first-order valence-electron chi connectivity index (χ1n) is 10.3. The highest BCUT2D eigenvalue weighted by Gasteiger charge is 2.32. The van der Waals surface area contributed by atoms with Gasteiger partial charge in [-0.3, -0.25) is 0 Å². The highest BCUT2D eigenvalue weighted by atomic mass is 32.2. The van der Waals surface area contributed by atoms with E-state index >= 15 is 0 Å². The highest BCUT2D eigenvalue weighted by Crippen LogP contribution is 2.34. The number of hydrogen-bond acceptors (Lipinski definition) is 4. The van der Waals surface area contributed by atoms with Crippen molar-refractivity contribution in [2.24, 2.45) is 0 Å². The van der Waals surface area contributed by atoms with Crippen LogP contribution in [0.5, 0.6) is 0 Å². The fourth-order valence-corrected chi connectivity index (χ4v) is 5.79. The summed E-state index contributed by atoms with van der Waals surface area (Å²) in [6.07, 6.45) is 1.05. The van der Waals surface area contributed by atoms with E-state index in [0.29, 0.717) is 43.7 Å². The van der Waals surface area contributed by atoms with Gasteiger partial charge < -0.3 is 4.57 Å². The first-order chi connectivity index (χ1) is 14.9. The minimum Gasteiger partial charge on any atom is -0.338 e. The summed E-state index contributed by atoms with van der Waals surface area (Å²) in [6, 6.07) is 12.1. The van der Waals surface area contributed by atoms with Gasteiger partial charge in [-0.05, 0) is 42.3 Å². The van der Waals surface area contributed by atoms with Crippen molar-refractivity contribution in [1.29, 1.82) is 5.26 Å². The number of aromatic nitrogens is 2. The Bertz CT molecular complexity index is 1280. The molecule has 1 aromatic carbocycles. The maximum Gasteiger partial charge on any atom is 0.279 e. The molecule has 162 valence electrons. The first kappa shape index (κ1) is 21.4. The summed E-state index contributed by atoms with van der Waals surface area (Å²) in [4.78, 5) is 3.98. The molecule has 4 rings (SSSR count). The molecule has 7 nitrogen and oxygen atoms in total. The van der Waals surface area contributed by atoms with E-state index < -0.39 is 16.2 Å². The molecule has 0 amide bonds. The van der Waals surface area contributed by atoms with Crippen molar-refractivity contribution in [2.45, 2.75) is 39.3 Å². The van der Waals surface area contributed by atoms with Crippen LogP contribution in [-0.2, 0) is 29.6 Å². The van der Waals surface area contributed by atoms with Crippen molar-refractivity contribution in [3.63, 3.8) is 0 Å². The molecule has 0 radical (unpaired) electrons. The number of halogens is 1. The Kier molecular flexibility index (Phi) is 5.79. The van der Waals surface area contributed by atoms with E-state index in [9.17, 15) is 18.1 Å². The van der Waals surface area contributed by atoms with Crippen molar-refractivity contribution in [3.05, 3.63) is 64.9 Å². The third kappa shape index (κ3) is 4.06. The van der Waals surface area contributed by atoms with Crippen LogP contribution in [0.4, 0.5) is 4.39 Å². The fraction of sp³-hybridized carbons (Fsp3) is 0.364. The average Bonchev–Trinajstić information content (AvgIpc) is 3.25. The van der Waals surface area contributed by atoms with Crippen molar-refractivity contribution in [1.82, 2.24) is 18.6 Å². The SMILES string of the molecule is CCN(CC)S(=O)(=O)NC1Cc2c(n(Cc3cccc(F)n3)c3ccc(C#N)cc23)C1. The largest absolute Gasteiger partial charge is 0.338 e. The fourth-order valence-electron chi connectivity index (χ4n) is 4.37. The Balaban J connectivity index is 1.73. The van der Waals surface area contributed by atoms with Crippen LogP contribution in [0.2, 0.25) is 0 Å². The Morgan fingerprint density at radius 1 is 1.26 bits per heavy atom. The molecular weight excluding hydrogens is 417 g/mol. The van der Waals surface area contributed by atoms with Gasteiger partial charge in [0, 0.05) is 42.1 Å². The van der Waals surface area contributed by atoms with E-state index in [0.717, 1.165) is 22.2 Å². The lowest BCUT2D eigenvalue weighted by Crippen LogP contribution is -2.45. The lowest BCUT2D eigenvalue weighted by atomic mass is 10.1. The molecule has 0 spiro atoms. The lowest BCUT2D eigenvalue weighted by Gasteiger charge is -2.22. The number of hydrogen-bond donors (Lipinski definition) is 1. The Hall–Kier alpha value is -2.80. The topological polar surface area (TPSA) is 91.0 Å². The van der Waals surface area contributed by atoms with Gasteiger partial charge in [-0.25, -0.2) is 4.98 Å². The smallest absolute Gasteiger partial charge is 0.279 e. The number of nitriles is 1. The molecule has 0 bridgehead atoms. The Labute approximate surface area is 181 Å². The molecule has 1 unspecified atom stereocenters. The molecule has 3 aromatic rings. The van der Waals surface area contributed by atoms with Gasteiger partial charge in [-0.2, -0.15) is 27.1 Å². The summed E-state index contributed by atoms with van der Waals surface area (Å²) < 4.78 is 45.3. The molecule has 0 fully saturated rings. The highest BCUT2D eigenvalue weighted by molar-refractivity contribution is 7.87. The third-order valence-electron chi connectivity index (χ3n) is 5.76. The molecule has 31 heavy (non-hydrogen) atoms. The van der Waals surface area contributed by atoms with Crippen molar-refractivity contribution < 1.29 is 12.8 Å². The van der Waals surface area contributed by atoms with Crippen LogP contribution >= 0.6 is 0 Å². The number of pyridine rings is 1. The number of fused-ring (bicyclic) bond motifs is 3. The zero-order valence-corrected chi connectivity index (χ0v) is 18.3. The normalized spacial score (nSPS) is 16.0. The van der Waals surface area contributed by atoms with Gasteiger partial charge in [0.15, 0.2) is 0 Å². The molecule has 2 heterocycles. The van der Waals surface area contributed by atoms with E-state index in [1.807, 2.05) is 26.0 Å². The number of benzene rings is 1. The van der Waals surface area contributed by atoms with Crippen LogP contribution in [-0.4, -0.2) is 41.4 Å². The van der Waals surface area contributed by atoms with Gasteiger partial charge in [0.05, 0.1) is 23.9 Å². The van der Waals surface area contributed by atoms with Crippen LogP contribution in [0.25, 0.3) is 10.9 Å². The van der Waals surface area contributed by atoms with Crippen LogP contribution in [0, 0.1) is 17.3 Å². The van der Waals surface area contributed by atoms with Gasteiger partial charge >= 0.3 is 0 Å². The van der Waals surface area contributed by atoms with Crippen molar-refractivity contribution in [2.75, 3.05) is 13.1 Å². The average molecular weight is 442 g/mol. The van der Waals surface area contributed by atoms with Crippen LogP contribution in [0.1, 0.15) is 36.4 Å². The van der Waals surface area contributed by atoms with E-state index in [2.05, 4.69) is 20.3 Å². The summed E-state index contributed by atoms with van der Waals surface area (Å²) in [5.74, 6) is -0.540. The second kappa shape index (κ2) is 8.38. The minimum absolute atomic E-state index is 0.280. The third-order valence-corrected chi connectivity index (χ3v) is 7.59. The molecular formula is C22H24FN5O2S. The molecule has 9 heteroatoms. The standard InChI is InChI=1S/C22H24FN5O2S/c1-3-27(4-2)31(29,30)26-17-11-19-18-10-15(13-24)8-9-20(18)28(21(19)12-17)14-16-6-5-7-22(23)25-16/h5-10,17,26H,3-4,11-12,14H2,1-2H3. The lowest BCUT2D eigenvalue weighted by molar-refractivity contribution is 0.425. The number of nitrogens with one attached hydrogen (secondary N) is 1. The summed E-state index contributed by atoms with van der Waals surface area (Å²) in [5, 5.41) is 10.3. The Morgan fingerprint density at radius 3 is 2.71 bits per heavy atom. The molecule has 2 aromatic heterocycles. The second-order valence-corrected chi connectivity index (χ2v) is 9.32. The van der Waals surface area contributed by atoms with E-state index in [4.69, 9.17) is 0 Å². The summed E-state index contributed by atoms with van der Waals surface area (Å²) in [7, 11) is -3.59. The molecule has 1 aliphatic rings. The van der Waals surface area contributed by atoms with Crippen LogP contribution in [0.3, 0.4) is 0 Å². The minimum atomic E-state index is -3.59. The van der Waals surface area contributed by atoms with Crippen LogP contribution in [0.15, 0.2) is 36.4 Å². The molecule has 0 saturated carbocycles. The quantitative estimate of drug-likeness (QED) is 0.571. The zero-order chi connectivity index (χ0) is 22.2. The monoisotopic (exact) mass is 441 g/mol. The maximum absolute atomic E-state index is 13.6. The predicted octanol–water partition coefficient (Wildman–Crippen LogP) is 2.74. The van der Waals surface area contributed by atoms with E-state index in [-0.39, 0.29) is 6.04 Å². The van der Waals surface area contributed by atoms with E-state index in [1.165, 1.54) is 10.4 Å². The molecule has 0 aliphatic heterocycles. The summed E-state index contributed by atoms with van der Waals surface area (Å²) >= 11 is 0. The summed E-state index contributed by atoms with van der Waals surface area (Å²) in [6.45, 7) is 4.78. The number of rotatable bonds is 7. The van der Waals surface area contributed by atoms with Crippen LogP contribution < -0.4 is 4.72 Å². The maximum atomic E-state index is 13.6. The predicted molar refractivity (Wildman–Crippen MR) is 116 cm³/mol. The van der Waals surface area contributed by atoms with Gasteiger partial charge in [0.25, 0.3) is 10.2 Å². The van der Waals surface area contributed by atoms with E-state index in [1.54, 1.807) is 18.2 Å². The summed E-state index contributed by atoms with van der Waals surface area (Å²) in [5.41, 5.74) is 4.07. The van der Waals surface area contributed by atoms with Gasteiger partial charge in [-0.15, -0.1) is 0 Å². The molecule has 1 atom stereocenters.